The van der Waals surface area contributed by atoms with Crippen molar-refractivity contribution in [3.63, 3.8) is 0 Å². The zero-order chi connectivity index (χ0) is 24.3. The topological polar surface area (TPSA) is 77.3 Å². The molecule has 0 bridgehead atoms. The Morgan fingerprint density at radius 2 is 1.58 bits per heavy atom. The van der Waals surface area contributed by atoms with Gasteiger partial charge in [-0.25, -0.2) is 15.0 Å². The smallest absolute Gasteiger partial charge is 0.170 e. The molecule has 0 atom stereocenters. The number of benzene rings is 3. The van der Waals surface area contributed by atoms with Crippen LogP contribution in [-0.4, -0.2) is 52.9 Å². The van der Waals surface area contributed by atoms with E-state index in [2.05, 4.69) is 39.5 Å². The molecule has 1 fully saturated rings. The van der Waals surface area contributed by atoms with Crippen LogP contribution in [0.15, 0.2) is 85.2 Å². The van der Waals surface area contributed by atoms with Crippen LogP contribution in [0.3, 0.4) is 0 Å². The summed E-state index contributed by atoms with van der Waals surface area (Å²) in [5.41, 5.74) is 5.43. The minimum atomic E-state index is 0.607. The number of anilines is 3. The van der Waals surface area contributed by atoms with Gasteiger partial charge in [-0.15, -0.1) is 0 Å². The second-order valence-corrected chi connectivity index (χ2v) is 8.52. The number of methoxy groups -OCH3 is 1. The van der Waals surface area contributed by atoms with E-state index in [9.17, 15) is 0 Å². The predicted molar refractivity (Wildman–Crippen MR) is 141 cm³/mol. The molecule has 0 saturated carbocycles. The number of morpholine rings is 1. The summed E-state index contributed by atoms with van der Waals surface area (Å²) in [6, 6.07) is 26.2. The summed E-state index contributed by atoms with van der Waals surface area (Å²) < 4.78 is 12.8. The van der Waals surface area contributed by atoms with Crippen LogP contribution < -0.4 is 15.0 Å². The first-order valence-electron chi connectivity index (χ1n) is 11.9. The van der Waals surface area contributed by atoms with Gasteiger partial charge in [-0.2, -0.15) is 0 Å². The number of nitrogens with zero attached hydrogens (tertiary/aromatic N) is 5. The number of nitrogens with one attached hydrogen (secondary N) is 1. The zero-order valence-corrected chi connectivity index (χ0v) is 20.0. The van der Waals surface area contributed by atoms with E-state index in [1.165, 1.54) is 5.69 Å². The summed E-state index contributed by atoms with van der Waals surface area (Å²) in [5, 5.41) is 3.48. The summed E-state index contributed by atoms with van der Waals surface area (Å²) in [6.07, 6.45) is 1.79. The Labute approximate surface area is 209 Å². The SMILES string of the molecule is COc1ccc(-c2nc(Nc3ccc(N4CCOCC4)cc3)c3ncn(-c4ccccc4)c3n2)cc1. The summed E-state index contributed by atoms with van der Waals surface area (Å²) in [6.45, 7) is 3.33. The van der Waals surface area contributed by atoms with E-state index >= 15 is 0 Å². The average Bonchev–Trinajstić information content (AvgIpc) is 3.39. The van der Waals surface area contributed by atoms with Gasteiger partial charge < -0.3 is 19.7 Å². The van der Waals surface area contributed by atoms with Crippen molar-refractivity contribution in [2.24, 2.45) is 0 Å². The lowest BCUT2D eigenvalue weighted by molar-refractivity contribution is 0.122. The first kappa shape index (κ1) is 22.1. The van der Waals surface area contributed by atoms with Gasteiger partial charge in [-0.05, 0) is 60.7 Å². The van der Waals surface area contributed by atoms with Crippen molar-refractivity contribution in [1.29, 1.82) is 0 Å². The maximum absolute atomic E-state index is 5.48. The molecule has 0 spiro atoms. The molecule has 0 aliphatic carbocycles. The Morgan fingerprint density at radius 1 is 0.833 bits per heavy atom. The van der Waals surface area contributed by atoms with Crippen LogP contribution in [0.1, 0.15) is 0 Å². The van der Waals surface area contributed by atoms with Crippen molar-refractivity contribution in [2.45, 2.75) is 0 Å². The van der Waals surface area contributed by atoms with Crippen LogP contribution in [-0.2, 0) is 4.74 Å². The van der Waals surface area contributed by atoms with Gasteiger partial charge in [0.1, 0.15) is 12.1 Å². The molecule has 0 amide bonds. The van der Waals surface area contributed by atoms with E-state index in [1.807, 2.05) is 59.2 Å². The van der Waals surface area contributed by atoms with Crippen LogP contribution in [0.5, 0.6) is 5.75 Å². The van der Waals surface area contributed by atoms with Gasteiger partial charge in [-0.3, -0.25) is 4.57 Å². The molecule has 2 aromatic heterocycles. The Kier molecular flexibility index (Phi) is 5.93. The molecule has 3 aromatic carbocycles. The van der Waals surface area contributed by atoms with Gasteiger partial charge in [0.2, 0.25) is 0 Å². The molecule has 5 aromatic rings. The molecule has 0 unspecified atom stereocenters. The van der Waals surface area contributed by atoms with Crippen molar-refractivity contribution >= 4 is 28.4 Å². The third-order valence-electron chi connectivity index (χ3n) is 6.28. The maximum Gasteiger partial charge on any atom is 0.170 e. The molecule has 180 valence electrons. The Bertz CT molecular complexity index is 1460. The fourth-order valence-electron chi connectivity index (χ4n) is 4.35. The van der Waals surface area contributed by atoms with E-state index in [0.717, 1.165) is 54.6 Å². The quantitative estimate of drug-likeness (QED) is 0.365. The second kappa shape index (κ2) is 9.67. The summed E-state index contributed by atoms with van der Waals surface area (Å²) in [5.74, 6) is 2.04. The van der Waals surface area contributed by atoms with Crippen molar-refractivity contribution in [1.82, 2.24) is 19.5 Å². The number of fused-ring (bicyclic) bond motifs is 1. The molecule has 8 heteroatoms. The predicted octanol–water partition coefficient (Wildman–Crippen LogP) is 5.07. The van der Waals surface area contributed by atoms with E-state index in [-0.39, 0.29) is 0 Å². The van der Waals surface area contributed by atoms with Crippen LogP contribution in [0.4, 0.5) is 17.2 Å². The van der Waals surface area contributed by atoms with Crippen molar-refractivity contribution in [2.75, 3.05) is 43.6 Å². The maximum atomic E-state index is 5.48. The highest BCUT2D eigenvalue weighted by Crippen LogP contribution is 2.29. The average molecular weight is 479 g/mol. The molecule has 36 heavy (non-hydrogen) atoms. The summed E-state index contributed by atoms with van der Waals surface area (Å²) in [4.78, 5) is 16.8. The van der Waals surface area contributed by atoms with Gasteiger partial charge in [-0.1, -0.05) is 18.2 Å². The largest absolute Gasteiger partial charge is 0.497 e. The molecule has 1 saturated heterocycles. The third kappa shape index (κ3) is 4.34. The van der Waals surface area contributed by atoms with Crippen LogP contribution in [0.25, 0.3) is 28.2 Å². The van der Waals surface area contributed by atoms with Gasteiger partial charge in [0.05, 0.1) is 20.3 Å². The molecule has 8 nitrogen and oxygen atoms in total. The fourth-order valence-corrected chi connectivity index (χ4v) is 4.35. The molecule has 6 rings (SSSR count). The number of hydrogen-bond donors (Lipinski definition) is 1. The van der Waals surface area contributed by atoms with Crippen molar-refractivity contribution < 1.29 is 9.47 Å². The second-order valence-electron chi connectivity index (χ2n) is 8.52. The first-order chi connectivity index (χ1) is 17.8. The number of aromatic nitrogens is 4. The molecular weight excluding hydrogens is 452 g/mol. The number of rotatable bonds is 6. The van der Waals surface area contributed by atoms with Crippen molar-refractivity contribution in [3.8, 4) is 22.8 Å². The van der Waals surface area contributed by atoms with Gasteiger partial charge >= 0.3 is 0 Å². The minimum Gasteiger partial charge on any atom is -0.497 e. The van der Waals surface area contributed by atoms with Crippen LogP contribution >= 0.6 is 0 Å². The first-order valence-corrected chi connectivity index (χ1v) is 11.9. The van der Waals surface area contributed by atoms with E-state index in [0.29, 0.717) is 17.2 Å². The fraction of sp³-hybridized carbons (Fsp3) is 0.179. The standard InChI is InChI=1S/C28H26N6O2/c1-35-24-13-7-20(8-14-24)26-31-27(25-28(32-26)34(19-29-25)23-5-3-2-4-6-23)30-21-9-11-22(12-10-21)33-15-17-36-18-16-33/h2-14,19H,15-18H2,1H3,(H,30,31,32). The highest BCUT2D eigenvalue weighted by atomic mass is 16.5. The zero-order valence-electron chi connectivity index (χ0n) is 20.0. The highest BCUT2D eigenvalue weighted by Gasteiger charge is 2.16. The van der Waals surface area contributed by atoms with E-state index in [1.54, 1.807) is 13.4 Å². The molecule has 1 aliphatic heterocycles. The number of hydrogen-bond acceptors (Lipinski definition) is 7. The molecule has 3 heterocycles. The van der Waals surface area contributed by atoms with Crippen LogP contribution in [0, 0.1) is 0 Å². The van der Waals surface area contributed by atoms with Crippen LogP contribution in [0.2, 0.25) is 0 Å². The van der Waals surface area contributed by atoms with Crippen molar-refractivity contribution in [3.05, 3.63) is 85.2 Å². The van der Waals surface area contributed by atoms with Gasteiger partial charge in [0.15, 0.2) is 22.8 Å². The Hall–Kier alpha value is -4.43. The molecule has 0 radical (unpaired) electrons. The van der Waals surface area contributed by atoms with Gasteiger partial charge in [0.25, 0.3) is 0 Å². The number of imidazole rings is 1. The lowest BCUT2D eigenvalue weighted by Gasteiger charge is -2.28. The molecule has 1 aliphatic rings. The number of para-hydroxylation sites is 1. The third-order valence-corrected chi connectivity index (χ3v) is 6.28. The normalized spacial score (nSPS) is 13.6. The molecular formula is C28H26N6O2. The van der Waals surface area contributed by atoms with Gasteiger partial charge in [0, 0.05) is 35.7 Å². The highest BCUT2D eigenvalue weighted by molar-refractivity contribution is 5.88. The number of ether oxygens (including phenoxy) is 2. The lowest BCUT2D eigenvalue weighted by atomic mass is 10.2. The lowest BCUT2D eigenvalue weighted by Crippen LogP contribution is -2.36. The van der Waals surface area contributed by atoms with E-state index in [4.69, 9.17) is 19.4 Å². The Balaban J connectivity index is 1.40. The minimum absolute atomic E-state index is 0.607. The van der Waals surface area contributed by atoms with E-state index < -0.39 is 0 Å². The summed E-state index contributed by atoms with van der Waals surface area (Å²) >= 11 is 0. The summed E-state index contributed by atoms with van der Waals surface area (Å²) in [7, 11) is 1.66. The molecule has 1 N–H and O–H groups in total. The monoisotopic (exact) mass is 478 g/mol. The Morgan fingerprint density at radius 3 is 2.31 bits per heavy atom.